The van der Waals surface area contributed by atoms with Gasteiger partial charge >= 0.3 is 11.9 Å². The lowest BCUT2D eigenvalue weighted by molar-refractivity contribution is 0.0599. The number of aromatic nitrogens is 1. The van der Waals surface area contributed by atoms with Crippen LogP contribution in [0.4, 0.5) is 0 Å². The summed E-state index contributed by atoms with van der Waals surface area (Å²) in [6, 6.07) is 1.28. The maximum absolute atomic E-state index is 11.3. The molecule has 0 radical (unpaired) electrons. The summed E-state index contributed by atoms with van der Waals surface area (Å²) in [6.45, 7) is 3.21. The predicted octanol–water partition coefficient (Wildman–Crippen LogP) is 1.18. The van der Waals surface area contributed by atoms with Crippen molar-refractivity contribution in [2.75, 3.05) is 7.11 Å². The number of hydrogen-bond acceptors (Lipinski definition) is 4. The van der Waals surface area contributed by atoms with Crippen molar-refractivity contribution >= 4 is 11.9 Å². The van der Waals surface area contributed by atoms with Gasteiger partial charge in [-0.2, -0.15) is 0 Å². The van der Waals surface area contributed by atoms with Gasteiger partial charge < -0.3 is 9.84 Å². The number of aryl methyl sites for hydroxylation is 2. The molecule has 0 aliphatic rings. The zero-order valence-corrected chi connectivity index (χ0v) is 8.70. The molecule has 0 saturated heterocycles. The van der Waals surface area contributed by atoms with Crippen LogP contribution in [0.3, 0.4) is 0 Å². The molecule has 1 rings (SSSR count). The summed E-state index contributed by atoms with van der Waals surface area (Å²) in [5.74, 6) is -1.69. The Kier molecular flexibility index (Phi) is 3.04. The number of rotatable bonds is 2. The molecule has 5 heteroatoms. The van der Waals surface area contributed by atoms with Gasteiger partial charge in [0.2, 0.25) is 0 Å². The van der Waals surface area contributed by atoms with E-state index in [0.717, 1.165) is 0 Å². The van der Waals surface area contributed by atoms with Gasteiger partial charge in [-0.15, -0.1) is 0 Å². The van der Waals surface area contributed by atoms with E-state index in [2.05, 4.69) is 9.72 Å². The highest BCUT2D eigenvalue weighted by atomic mass is 16.5. The van der Waals surface area contributed by atoms with Crippen LogP contribution in [0, 0.1) is 13.8 Å². The Hall–Kier alpha value is -1.91. The van der Waals surface area contributed by atoms with E-state index in [1.807, 2.05) is 0 Å². The molecule has 0 aliphatic carbocycles. The minimum absolute atomic E-state index is 0.0148. The third kappa shape index (κ3) is 2.12. The molecular weight excluding hydrogens is 198 g/mol. The Bertz CT molecular complexity index is 426. The molecule has 0 unspecified atom stereocenters. The highest BCUT2D eigenvalue weighted by molar-refractivity contribution is 5.95. The SMILES string of the molecule is COC(=O)c1cc(C(=O)O)c(C)nc1C. The van der Waals surface area contributed by atoms with E-state index in [-0.39, 0.29) is 11.1 Å². The first-order valence-electron chi connectivity index (χ1n) is 4.27. The summed E-state index contributed by atoms with van der Waals surface area (Å²) in [4.78, 5) is 26.1. The van der Waals surface area contributed by atoms with E-state index < -0.39 is 11.9 Å². The molecule has 0 amide bonds. The first-order chi connectivity index (χ1) is 6.97. The molecule has 5 nitrogen and oxygen atoms in total. The number of carbonyl (C=O) groups excluding carboxylic acids is 1. The molecule has 0 atom stereocenters. The lowest BCUT2D eigenvalue weighted by Gasteiger charge is -2.06. The normalized spacial score (nSPS) is 9.80. The van der Waals surface area contributed by atoms with Crippen molar-refractivity contribution in [2.24, 2.45) is 0 Å². The van der Waals surface area contributed by atoms with Crippen molar-refractivity contribution in [3.8, 4) is 0 Å². The minimum Gasteiger partial charge on any atom is -0.478 e. The van der Waals surface area contributed by atoms with Crippen LogP contribution in [0.2, 0.25) is 0 Å². The minimum atomic E-state index is -1.11. The van der Waals surface area contributed by atoms with Crippen molar-refractivity contribution in [1.82, 2.24) is 4.98 Å². The van der Waals surface area contributed by atoms with Gasteiger partial charge in [-0.05, 0) is 19.9 Å². The van der Waals surface area contributed by atoms with Crippen LogP contribution in [0.5, 0.6) is 0 Å². The third-order valence-electron chi connectivity index (χ3n) is 2.04. The highest BCUT2D eigenvalue weighted by Gasteiger charge is 2.16. The van der Waals surface area contributed by atoms with Gasteiger partial charge in [0.25, 0.3) is 0 Å². The lowest BCUT2D eigenvalue weighted by Crippen LogP contribution is -2.10. The number of pyridine rings is 1. The maximum atomic E-state index is 11.3. The van der Waals surface area contributed by atoms with Crippen LogP contribution < -0.4 is 0 Å². The van der Waals surface area contributed by atoms with E-state index >= 15 is 0 Å². The number of methoxy groups -OCH3 is 1. The van der Waals surface area contributed by atoms with Gasteiger partial charge in [0.1, 0.15) is 0 Å². The molecule has 1 aromatic heterocycles. The fourth-order valence-corrected chi connectivity index (χ4v) is 1.26. The Labute approximate surface area is 86.7 Å². The number of aromatic carboxylic acids is 1. The molecule has 0 spiro atoms. The molecular formula is C10H11NO4. The van der Waals surface area contributed by atoms with E-state index in [4.69, 9.17) is 5.11 Å². The van der Waals surface area contributed by atoms with Crippen LogP contribution >= 0.6 is 0 Å². The zero-order chi connectivity index (χ0) is 11.6. The van der Waals surface area contributed by atoms with Crippen LogP contribution in [-0.2, 0) is 4.74 Å². The Morgan fingerprint density at radius 1 is 1.27 bits per heavy atom. The van der Waals surface area contributed by atoms with Crippen molar-refractivity contribution in [2.45, 2.75) is 13.8 Å². The third-order valence-corrected chi connectivity index (χ3v) is 2.04. The molecule has 0 aromatic carbocycles. The average molecular weight is 209 g/mol. The molecule has 0 saturated carbocycles. The first kappa shape index (κ1) is 11.2. The number of carboxylic acid groups (broad SMARTS) is 1. The standard InChI is InChI=1S/C10H11NO4/c1-5-7(9(12)13)4-8(6(2)11-5)10(14)15-3/h4H,1-3H3,(H,12,13). The van der Waals surface area contributed by atoms with Gasteiger partial charge in [0.15, 0.2) is 0 Å². The van der Waals surface area contributed by atoms with E-state index in [1.54, 1.807) is 13.8 Å². The van der Waals surface area contributed by atoms with Crippen LogP contribution in [0.1, 0.15) is 32.1 Å². The summed E-state index contributed by atoms with van der Waals surface area (Å²) in [6.07, 6.45) is 0. The van der Waals surface area contributed by atoms with Crippen LogP contribution in [-0.4, -0.2) is 29.1 Å². The fourth-order valence-electron chi connectivity index (χ4n) is 1.26. The quantitative estimate of drug-likeness (QED) is 0.740. The van der Waals surface area contributed by atoms with Gasteiger partial charge in [-0.1, -0.05) is 0 Å². The average Bonchev–Trinajstić information content (AvgIpc) is 2.16. The Morgan fingerprint density at radius 3 is 2.27 bits per heavy atom. The number of nitrogens with zero attached hydrogens (tertiary/aromatic N) is 1. The number of carbonyl (C=O) groups is 2. The van der Waals surface area contributed by atoms with Crippen molar-refractivity contribution in [1.29, 1.82) is 0 Å². The smallest absolute Gasteiger partial charge is 0.339 e. The number of hydrogen-bond donors (Lipinski definition) is 1. The van der Waals surface area contributed by atoms with E-state index in [1.165, 1.54) is 13.2 Å². The lowest BCUT2D eigenvalue weighted by atomic mass is 10.1. The summed E-state index contributed by atoms with van der Waals surface area (Å²) < 4.78 is 4.52. The first-order valence-corrected chi connectivity index (χ1v) is 4.27. The second-order valence-electron chi connectivity index (χ2n) is 3.05. The molecule has 1 aromatic rings. The van der Waals surface area contributed by atoms with Gasteiger partial charge in [-0.25, -0.2) is 9.59 Å². The largest absolute Gasteiger partial charge is 0.478 e. The predicted molar refractivity (Wildman–Crippen MR) is 52.0 cm³/mol. The molecule has 15 heavy (non-hydrogen) atoms. The van der Waals surface area contributed by atoms with Crippen LogP contribution in [0.25, 0.3) is 0 Å². The second kappa shape index (κ2) is 4.08. The Morgan fingerprint density at radius 2 is 1.80 bits per heavy atom. The monoisotopic (exact) mass is 209 g/mol. The van der Waals surface area contributed by atoms with Gasteiger partial charge in [0.05, 0.1) is 29.6 Å². The number of esters is 1. The summed E-state index contributed by atoms with van der Waals surface area (Å²) in [7, 11) is 1.24. The van der Waals surface area contributed by atoms with E-state index in [9.17, 15) is 9.59 Å². The summed E-state index contributed by atoms with van der Waals surface area (Å²) in [5, 5.41) is 8.84. The fraction of sp³-hybridized carbons (Fsp3) is 0.300. The van der Waals surface area contributed by atoms with Gasteiger partial charge in [0, 0.05) is 0 Å². The van der Waals surface area contributed by atoms with Gasteiger partial charge in [-0.3, -0.25) is 4.98 Å². The number of carboxylic acids is 1. The summed E-state index contributed by atoms with van der Waals surface area (Å²) in [5.41, 5.74) is 1.04. The second-order valence-corrected chi connectivity index (χ2v) is 3.05. The topological polar surface area (TPSA) is 76.5 Å². The van der Waals surface area contributed by atoms with Crippen molar-refractivity contribution in [3.05, 3.63) is 28.6 Å². The molecule has 1 N–H and O–H groups in total. The van der Waals surface area contributed by atoms with Crippen LogP contribution in [0.15, 0.2) is 6.07 Å². The zero-order valence-electron chi connectivity index (χ0n) is 8.70. The highest BCUT2D eigenvalue weighted by Crippen LogP contribution is 2.13. The molecule has 0 aliphatic heterocycles. The molecule has 0 fully saturated rings. The van der Waals surface area contributed by atoms with Crippen molar-refractivity contribution in [3.63, 3.8) is 0 Å². The molecule has 80 valence electrons. The van der Waals surface area contributed by atoms with Crippen molar-refractivity contribution < 1.29 is 19.4 Å². The van der Waals surface area contributed by atoms with E-state index in [0.29, 0.717) is 11.4 Å². The Balaban J connectivity index is 3.36. The summed E-state index contributed by atoms with van der Waals surface area (Å²) >= 11 is 0. The maximum Gasteiger partial charge on any atom is 0.339 e. The number of ether oxygens (including phenoxy) is 1. The molecule has 0 bridgehead atoms. The molecule has 1 heterocycles.